The Morgan fingerprint density at radius 3 is 2.63 bits per heavy atom. The fourth-order valence-corrected chi connectivity index (χ4v) is 2.69. The van der Waals surface area contributed by atoms with Crippen LogP contribution < -0.4 is 20.7 Å². The van der Waals surface area contributed by atoms with Crippen LogP contribution in [-0.2, 0) is 11.3 Å². The van der Waals surface area contributed by atoms with Gasteiger partial charge in [0.05, 0.1) is 13.2 Å². The molecule has 1 atom stereocenters. The standard InChI is InChI=1S/C20H24N4O3/c1-13(14-7-9-17(10-8-14)24-18(25)15-5-6-15)23-20(26)22-12-16-4-3-11-21-19(16)27-2/h3-4,7-11,13,15H,5-6,12H2,1-2H3,(H,24,25)(H2,22,23,26)/t13-/m1/s1. The van der Waals surface area contributed by atoms with Gasteiger partial charge in [0.1, 0.15) is 0 Å². The highest BCUT2D eigenvalue weighted by molar-refractivity contribution is 5.94. The summed E-state index contributed by atoms with van der Waals surface area (Å²) in [6.07, 6.45) is 3.59. The molecule has 1 aromatic carbocycles. The third kappa shape index (κ3) is 5.20. The van der Waals surface area contributed by atoms with Crippen LogP contribution in [0.2, 0.25) is 0 Å². The van der Waals surface area contributed by atoms with Crippen molar-refractivity contribution in [2.45, 2.75) is 32.4 Å². The summed E-state index contributed by atoms with van der Waals surface area (Å²) in [7, 11) is 1.55. The number of hydrogen-bond donors (Lipinski definition) is 3. The van der Waals surface area contributed by atoms with Crippen LogP contribution in [0.1, 0.15) is 36.9 Å². The number of methoxy groups -OCH3 is 1. The van der Waals surface area contributed by atoms with Crippen molar-refractivity contribution in [1.29, 1.82) is 0 Å². The molecular weight excluding hydrogens is 344 g/mol. The van der Waals surface area contributed by atoms with Crippen molar-refractivity contribution in [3.8, 4) is 5.88 Å². The highest BCUT2D eigenvalue weighted by Crippen LogP contribution is 2.30. The summed E-state index contributed by atoms with van der Waals surface area (Å²) >= 11 is 0. The maximum absolute atomic E-state index is 12.2. The number of nitrogens with one attached hydrogen (secondary N) is 3. The summed E-state index contributed by atoms with van der Waals surface area (Å²) in [4.78, 5) is 28.0. The van der Waals surface area contributed by atoms with Crippen molar-refractivity contribution in [2.75, 3.05) is 12.4 Å². The fraction of sp³-hybridized carbons (Fsp3) is 0.350. The second kappa shape index (κ2) is 8.53. The molecule has 0 radical (unpaired) electrons. The Morgan fingerprint density at radius 2 is 1.96 bits per heavy atom. The number of rotatable bonds is 7. The number of carbonyl (C=O) groups is 2. The zero-order chi connectivity index (χ0) is 19.2. The first-order valence-electron chi connectivity index (χ1n) is 9.00. The summed E-state index contributed by atoms with van der Waals surface area (Å²) in [5, 5.41) is 8.60. The van der Waals surface area contributed by atoms with E-state index in [1.807, 2.05) is 37.3 Å². The molecule has 7 nitrogen and oxygen atoms in total. The lowest BCUT2D eigenvalue weighted by Crippen LogP contribution is -2.36. The van der Waals surface area contributed by atoms with Crippen LogP contribution in [0.25, 0.3) is 0 Å². The molecule has 0 bridgehead atoms. The fourth-order valence-electron chi connectivity index (χ4n) is 2.69. The zero-order valence-corrected chi connectivity index (χ0v) is 15.5. The SMILES string of the molecule is COc1ncccc1CNC(=O)N[C@H](C)c1ccc(NC(=O)C2CC2)cc1. The Morgan fingerprint density at radius 1 is 1.22 bits per heavy atom. The van der Waals surface area contributed by atoms with E-state index in [1.165, 1.54) is 0 Å². The third-order valence-corrected chi connectivity index (χ3v) is 4.46. The first-order chi connectivity index (χ1) is 13.1. The highest BCUT2D eigenvalue weighted by Gasteiger charge is 2.29. The van der Waals surface area contributed by atoms with Crippen LogP contribution in [0.15, 0.2) is 42.6 Å². The molecule has 1 heterocycles. The molecule has 1 aliphatic rings. The van der Waals surface area contributed by atoms with Crippen LogP contribution in [0.4, 0.5) is 10.5 Å². The number of carbonyl (C=O) groups excluding carboxylic acids is 2. The lowest BCUT2D eigenvalue weighted by Gasteiger charge is -2.16. The molecule has 0 unspecified atom stereocenters. The Balaban J connectivity index is 1.49. The molecule has 2 aromatic rings. The highest BCUT2D eigenvalue weighted by atomic mass is 16.5. The van der Waals surface area contributed by atoms with E-state index in [4.69, 9.17) is 4.74 Å². The minimum atomic E-state index is -0.278. The number of urea groups is 1. The molecule has 1 aromatic heterocycles. The first-order valence-corrected chi connectivity index (χ1v) is 9.00. The molecule has 3 N–H and O–H groups in total. The average Bonchev–Trinajstić information content (AvgIpc) is 3.52. The van der Waals surface area contributed by atoms with E-state index in [9.17, 15) is 9.59 Å². The van der Waals surface area contributed by atoms with Gasteiger partial charge in [0.2, 0.25) is 11.8 Å². The van der Waals surface area contributed by atoms with Gasteiger partial charge >= 0.3 is 6.03 Å². The number of ether oxygens (including phenoxy) is 1. The normalized spacial score (nSPS) is 14.1. The van der Waals surface area contributed by atoms with Crippen molar-refractivity contribution in [3.05, 3.63) is 53.7 Å². The van der Waals surface area contributed by atoms with Crippen LogP contribution >= 0.6 is 0 Å². The quantitative estimate of drug-likeness (QED) is 0.700. The summed E-state index contributed by atoms with van der Waals surface area (Å²) < 4.78 is 5.17. The topological polar surface area (TPSA) is 92.3 Å². The molecule has 0 aliphatic heterocycles. The largest absolute Gasteiger partial charge is 0.481 e. The van der Waals surface area contributed by atoms with E-state index in [1.54, 1.807) is 19.4 Å². The van der Waals surface area contributed by atoms with E-state index in [-0.39, 0.29) is 23.9 Å². The van der Waals surface area contributed by atoms with Gasteiger partial charge in [-0.15, -0.1) is 0 Å². The molecule has 0 spiro atoms. The van der Waals surface area contributed by atoms with Gasteiger partial charge in [0.25, 0.3) is 0 Å². The van der Waals surface area contributed by atoms with Gasteiger partial charge in [0.15, 0.2) is 0 Å². The number of pyridine rings is 1. The number of benzene rings is 1. The van der Waals surface area contributed by atoms with Crippen molar-refractivity contribution >= 4 is 17.6 Å². The Kier molecular flexibility index (Phi) is 5.90. The maximum atomic E-state index is 12.2. The molecule has 1 fully saturated rings. The number of nitrogens with zero attached hydrogens (tertiary/aromatic N) is 1. The lowest BCUT2D eigenvalue weighted by molar-refractivity contribution is -0.117. The molecule has 7 heteroatoms. The number of hydrogen-bond acceptors (Lipinski definition) is 4. The van der Waals surface area contributed by atoms with Gasteiger partial charge in [-0.3, -0.25) is 4.79 Å². The monoisotopic (exact) mass is 368 g/mol. The van der Waals surface area contributed by atoms with Gasteiger partial charge < -0.3 is 20.7 Å². The van der Waals surface area contributed by atoms with E-state index in [2.05, 4.69) is 20.9 Å². The molecule has 1 saturated carbocycles. The van der Waals surface area contributed by atoms with E-state index < -0.39 is 0 Å². The third-order valence-electron chi connectivity index (χ3n) is 4.46. The van der Waals surface area contributed by atoms with Gasteiger partial charge in [-0.25, -0.2) is 9.78 Å². The number of anilines is 1. The molecule has 1 aliphatic carbocycles. The van der Waals surface area contributed by atoms with E-state index in [0.717, 1.165) is 29.7 Å². The Labute approximate surface area is 158 Å². The molecule has 0 saturated heterocycles. The average molecular weight is 368 g/mol. The minimum absolute atomic E-state index is 0.0825. The van der Waals surface area contributed by atoms with Crippen molar-refractivity contribution < 1.29 is 14.3 Å². The van der Waals surface area contributed by atoms with Gasteiger partial charge in [-0.2, -0.15) is 0 Å². The lowest BCUT2D eigenvalue weighted by atomic mass is 10.1. The Bertz CT molecular complexity index is 803. The van der Waals surface area contributed by atoms with Gasteiger partial charge in [-0.1, -0.05) is 18.2 Å². The summed E-state index contributed by atoms with van der Waals surface area (Å²) in [6.45, 7) is 2.23. The first kappa shape index (κ1) is 18.7. The summed E-state index contributed by atoms with van der Waals surface area (Å²) in [6, 6.07) is 10.7. The summed E-state index contributed by atoms with van der Waals surface area (Å²) in [5.74, 6) is 0.751. The number of amides is 3. The number of aromatic nitrogens is 1. The maximum Gasteiger partial charge on any atom is 0.315 e. The van der Waals surface area contributed by atoms with Crippen LogP contribution in [0, 0.1) is 5.92 Å². The van der Waals surface area contributed by atoms with Gasteiger partial charge in [-0.05, 0) is 43.5 Å². The molecule has 3 amide bonds. The van der Waals surface area contributed by atoms with Crippen LogP contribution in [0.3, 0.4) is 0 Å². The molecule has 3 rings (SSSR count). The zero-order valence-electron chi connectivity index (χ0n) is 15.5. The summed E-state index contributed by atoms with van der Waals surface area (Å²) in [5.41, 5.74) is 2.53. The second-order valence-electron chi connectivity index (χ2n) is 6.61. The van der Waals surface area contributed by atoms with Crippen LogP contribution in [-0.4, -0.2) is 24.0 Å². The van der Waals surface area contributed by atoms with Crippen molar-refractivity contribution in [2.24, 2.45) is 5.92 Å². The smallest absolute Gasteiger partial charge is 0.315 e. The molecular formula is C20H24N4O3. The predicted octanol–water partition coefficient (Wildman–Crippen LogP) is 3.00. The molecule has 142 valence electrons. The van der Waals surface area contributed by atoms with E-state index in [0.29, 0.717) is 12.4 Å². The van der Waals surface area contributed by atoms with E-state index >= 15 is 0 Å². The van der Waals surface area contributed by atoms with Crippen LogP contribution in [0.5, 0.6) is 5.88 Å². The Hall–Kier alpha value is -3.09. The minimum Gasteiger partial charge on any atom is -0.481 e. The second-order valence-corrected chi connectivity index (χ2v) is 6.61. The van der Waals surface area contributed by atoms with Crippen molar-refractivity contribution in [1.82, 2.24) is 15.6 Å². The predicted molar refractivity (Wildman–Crippen MR) is 102 cm³/mol. The van der Waals surface area contributed by atoms with Gasteiger partial charge in [0, 0.05) is 29.9 Å². The van der Waals surface area contributed by atoms with Crippen molar-refractivity contribution in [3.63, 3.8) is 0 Å². The molecule has 27 heavy (non-hydrogen) atoms.